The van der Waals surface area contributed by atoms with Gasteiger partial charge in [0.2, 0.25) is 0 Å². The molecule has 0 fully saturated rings. The van der Waals surface area contributed by atoms with Crippen LogP contribution in [0.4, 0.5) is 0 Å². The second-order valence-electron chi connectivity index (χ2n) is 9.01. The van der Waals surface area contributed by atoms with Crippen molar-refractivity contribution >= 4 is 32.7 Å². The normalized spacial score (nSPS) is 15.4. The predicted octanol–water partition coefficient (Wildman–Crippen LogP) is 8.13. The van der Waals surface area contributed by atoms with E-state index in [9.17, 15) is 0 Å². The SMILES string of the molecule is CC1=C(CCC2=C(C)Cc3ccc4ccccc4c32)c2c(ccc3ccccc23)C1. The Kier molecular flexibility index (Phi) is 3.96. The molecule has 6 rings (SSSR count). The molecule has 0 aliphatic heterocycles. The van der Waals surface area contributed by atoms with Gasteiger partial charge in [-0.25, -0.2) is 0 Å². The fraction of sp³-hybridized carbons (Fsp3) is 0.200. The van der Waals surface area contributed by atoms with Gasteiger partial charge in [0.1, 0.15) is 0 Å². The van der Waals surface area contributed by atoms with Gasteiger partial charge < -0.3 is 0 Å². The van der Waals surface area contributed by atoms with Crippen molar-refractivity contribution in [3.8, 4) is 0 Å². The zero-order chi connectivity index (χ0) is 20.2. The smallest absolute Gasteiger partial charge is 0.00576 e. The lowest BCUT2D eigenvalue weighted by Gasteiger charge is -2.14. The van der Waals surface area contributed by atoms with Gasteiger partial charge in [-0.15, -0.1) is 0 Å². The molecule has 0 aromatic heterocycles. The summed E-state index contributed by atoms with van der Waals surface area (Å²) in [5, 5.41) is 5.56. The van der Waals surface area contributed by atoms with E-state index < -0.39 is 0 Å². The predicted molar refractivity (Wildman–Crippen MR) is 130 cm³/mol. The van der Waals surface area contributed by atoms with Crippen molar-refractivity contribution in [2.24, 2.45) is 0 Å². The zero-order valence-electron chi connectivity index (χ0n) is 17.8. The molecule has 146 valence electrons. The molecule has 0 saturated carbocycles. The highest BCUT2D eigenvalue weighted by atomic mass is 14.3. The molecule has 4 aromatic rings. The average Bonchev–Trinajstić information content (AvgIpc) is 3.27. The van der Waals surface area contributed by atoms with Gasteiger partial charge in [-0.3, -0.25) is 0 Å². The monoisotopic (exact) mass is 386 g/mol. The van der Waals surface area contributed by atoms with Crippen LogP contribution in [0.5, 0.6) is 0 Å². The minimum absolute atomic E-state index is 1.10. The van der Waals surface area contributed by atoms with Crippen molar-refractivity contribution in [2.45, 2.75) is 39.5 Å². The lowest BCUT2D eigenvalue weighted by atomic mass is 9.90. The minimum atomic E-state index is 1.10. The minimum Gasteiger partial charge on any atom is -0.0651 e. The average molecular weight is 387 g/mol. The maximum Gasteiger partial charge on any atom is -0.00576 e. The third-order valence-electron chi connectivity index (χ3n) is 7.20. The molecule has 0 spiro atoms. The van der Waals surface area contributed by atoms with E-state index in [-0.39, 0.29) is 0 Å². The van der Waals surface area contributed by atoms with E-state index >= 15 is 0 Å². The number of benzene rings is 4. The van der Waals surface area contributed by atoms with Crippen LogP contribution in [-0.2, 0) is 12.8 Å². The Hall–Kier alpha value is -3.12. The van der Waals surface area contributed by atoms with Gasteiger partial charge in [-0.1, -0.05) is 83.9 Å². The van der Waals surface area contributed by atoms with E-state index in [2.05, 4.69) is 86.6 Å². The van der Waals surface area contributed by atoms with Crippen molar-refractivity contribution in [1.29, 1.82) is 0 Å². The van der Waals surface area contributed by atoms with E-state index in [1.165, 1.54) is 43.8 Å². The van der Waals surface area contributed by atoms with Crippen LogP contribution in [0, 0.1) is 0 Å². The molecule has 0 bridgehead atoms. The highest BCUT2D eigenvalue weighted by Crippen LogP contribution is 2.44. The van der Waals surface area contributed by atoms with Gasteiger partial charge in [-0.2, -0.15) is 0 Å². The van der Waals surface area contributed by atoms with E-state index in [0.29, 0.717) is 0 Å². The van der Waals surface area contributed by atoms with E-state index in [4.69, 9.17) is 0 Å². The molecule has 0 radical (unpaired) electrons. The highest BCUT2D eigenvalue weighted by molar-refractivity contribution is 6.00. The van der Waals surface area contributed by atoms with Crippen LogP contribution >= 0.6 is 0 Å². The Labute approximate surface area is 178 Å². The summed E-state index contributed by atoms with van der Waals surface area (Å²) in [7, 11) is 0. The third-order valence-corrected chi connectivity index (χ3v) is 7.20. The molecule has 2 aliphatic rings. The van der Waals surface area contributed by atoms with Crippen LogP contribution in [0.1, 0.15) is 48.9 Å². The molecule has 0 N–H and O–H groups in total. The first kappa shape index (κ1) is 17.7. The van der Waals surface area contributed by atoms with E-state index in [0.717, 1.165) is 25.7 Å². The second kappa shape index (κ2) is 6.71. The lowest BCUT2D eigenvalue weighted by molar-refractivity contribution is 1.07. The Morgan fingerprint density at radius 3 is 1.43 bits per heavy atom. The molecule has 0 nitrogen and oxygen atoms in total. The first-order valence-corrected chi connectivity index (χ1v) is 11.1. The summed E-state index contributed by atoms with van der Waals surface area (Å²) >= 11 is 0. The summed E-state index contributed by atoms with van der Waals surface area (Å²) in [6, 6.07) is 27.0. The van der Waals surface area contributed by atoms with Gasteiger partial charge >= 0.3 is 0 Å². The van der Waals surface area contributed by atoms with Crippen molar-refractivity contribution in [1.82, 2.24) is 0 Å². The van der Waals surface area contributed by atoms with Crippen LogP contribution in [-0.4, -0.2) is 0 Å². The number of rotatable bonds is 3. The quantitative estimate of drug-likeness (QED) is 0.333. The van der Waals surface area contributed by atoms with Crippen LogP contribution < -0.4 is 0 Å². The Bertz CT molecular complexity index is 1290. The standard InChI is InChI=1S/C30H26/c1-19-17-23-13-11-21-7-3-5-9-27(21)29(23)25(19)15-16-26-20(2)18-24-14-12-22-8-4-6-10-28(22)30(24)26/h3-14H,15-18H2,1-2H3. The molecule has 2 aliphatic carbocycles. The van der Waals surface area contributed by atoms with E-state index in [1.807, 2.05) is 0 Å². The molecule has 0 unspecified atom stereocenters. The van der Waals surface area contributed by atoms with E-state index in [1.54, 1.807) is 22.3 Å². The number of allylic oxidation sites excluding steroid dienone is 4. The molecule has 0 saturated heterocycles. The summed E-state index contributed by atoms with van der Waals surface area (Å²) < 4.78 is 0. The summed E-state index contributed by atoms with van der Waals surface area (Å²) in [5.74, 6) is 0. The van der Waals surface area contributed by atoms with Crippen LogP contribution in [0.2, 0.25) is 0 Å². The first-order chi connectivity index (χ1) is 14.7. The van der Waals surface area contributed by atoms with Crippen molar-refractivity contribution < 1.29 is 0 Å². The molecular weight excluding hydrogens is 360 g/mol. The van der Waals surface area contributed by atoms with Crippen molar-refractivity contribution in [2.75, 3.05) is 0 Å². The topological polar surface area (TPSA) is 0 Å². The van der Waals surface area contributed by atoms with Gasteiger partial charge in [0.05, 0.1) is 0 Å². The Morgan fingerprint density at radius 2 is 0.967 bits per heavy atom. The Balaban J connectivity index is 1.40. The summed E-state index contributed by atoms with van der Waals surface area (Å²) in [5.41, 5.74) is 12.3. The maximum atomic E-state index is 2.34. The summed E-state index contributed by atoms with van der Waals surface area (Å²) in [6.45, 7) is 4.67. The lowest BCUT2D eigenvalue weighted by Crippen LogP contribution is -1.92. The first-order valence-electron chi connectivity index (χ1n) is 11.1. The largest absolute Gasteiger partial charge is 0.0651 e. The molecule has 0 amide bonds. The fourth-order valence-corrected chi connectivity index (χ4v) is 5.78. The number of fused-ring (bicyclic) bond motifs is 6. The second-order valence-corrected chi connectivity index (χ2v) is 9.01. The zero-order valence-corrected chi connectivity index (χ0v) is 17.8. The van der Waals surface area contributed by atoms with Gasteiger partial charge in [0.15, 0.2) is 0 Å². The number of hydrogen-bond donors (Lipinski definition) is 0. The molecule has 0 heteroatoms. The molecule has 0 heterocycles. The maximum absolute atomic E-state index is 2.34. The third kappa shape index (κ3) is 2.60. The molecule has 4 aromatic carbocycles. The van der Waals surface area contributed by atoms with Crippen molar-refractivity contribution in [3.63, 3.8) is 0 Å². The Morgan fingerprint density at radius 1 is 0.533 bits per heavy atom. The van der Waals surface area contributed by atoms with Gasteiger partial charge in [-0.05, 0) is 94.5 Å². The van der Waals surface area contributed by atoms with Gasteiger partial charge in [0.25, 0.3) is 0 Å². The van der Waals surface area contributed by atoms with Crippen LogP contribution in [0.25, 0.3) is 32.7 Å². The highest BCUT2D eigenvalue weighted by Gasteiger charge is 2.24. The molecule has 30 heavy (non-hydrogen) atoms. The molecular formula is C30H26. The fourth-order valence-electron chi connectivity index (χ4n) is 5.78. The van der Waals surface area contributed by atoms with Crippen molar-refractivity contribution in [3.05, 3.63) is 106 Å². The summed E-state index contributed by atoms with van der Waals surface area (Å²) in [6.07, 6.45) is 4.46. The van der Waals surface area contributed by atoms with Gasteiger partial charge in [0, 0.05) is 0 Å². The van der Waals surface area contributed by atoms with Crippen LogP contribution in [0.3, 0.4) is 0 Å². The van der Waals surface area contributed by atoms with Crippen LogP contribution in [0.15, 0.2) is 83.9 Å². The molecule has 0 atom stereocenters. The summed E-state index contributed by atoms with van der Waals surface area (Å²) in [4.78, 5) is 0. The number of hydrogen-bond acceptors (Lipinski definition) is 0.